The van der Waals surface area contributed by atoms with Gasteiger partial charge < -0.3 is 24.2 Å². The number of hydrogen-bond acceptors (Lipinski definition) is 8. The van der Waals surface area contributed by atoms with Gasteiger partial charge in [-0.15, -0.1) is 0 Å². The molecule has 0 radical (unpaired) electrons. The first-order valence-corrected chi connectivity index (χ1v) is 15.0. The number of alkyl carbamates (subject to hydrolysis) is 2. The molecular formula is C33H44N4O7. The van der Waals surface area contributed by atoms with Gasteiger partial charge in [-0.25, -0.2) is 14.4 Å². The molecule has 0 unspecified atom stereocenters. The summed E-state index contributed by atoms with van der Waals surface area (Å²) in [5, 5.41) is 15.2. The fraction of sp³-hybridized carbons (Fsp3) is 0.515. The quantitative estimate of drug-likeness (QED) is 0.226. The first-order valence-electron chi connectivity index (χ1n) is 15.0. The normalized spacial score (nSPS) is 17.8. The molecule has 2 aliphatic rings. The molecule has 44 heavy (non-hydrogen) atoms. The van der Waals surface area contributed by atoms with Gasteiger partial charge in [0.15, 0.2) is 0 Å². The number of ether oxygens (including phenoxy) is 3. The molecule has 11 nitrogen and oxygen atoms in total. The largest absolute Gasteiger partial charge is 0.448 e. The summed E-state index contributed by atoms with van der Waals surface area (Å²) in [4.78, 5) is 43.9. The minimum absolute atomic E-state index is 0.0555. The first-order chi connectivity index (χ1) is 20.8. The molecule has 1 saturated heterocycles. The maximum absolute atomic E-state index is 13.2. The summed E-state index contributed by atoms with van der Waals surface area (Å²) in [7, 11) is 0. The fourth-order valence-electron chi connectivity index (χ4n) is 5.66. The highest BCUT2D eigenvalue weighted by molar-refractivity contribution is 6.01. The van der Waals surface area contributed by atoms with Crippen LogP contribution in [0.15, 0.2) is 53.5 Å². The second-order valence-electron chi connectivity index (χ2n) is 13.1. The topological polar surface area (TPSA) is 139 Å². The molecule has 3 N–H and O–H groups in total. The molecule has 4 rings (SSSR count). The van der Waals surface area contributed by atoms with Crippen molar-refractivity contribution in [3.63, 3.8) is 0 Å². The average Bonchev–Trinajstić information content (AvgIpc) is 3.48. The van der Waals surface area contributed by atoms with Crippen molar-refractivity contribution in [3.05, 3.63) is 59.7 Å². The first kappa shape index (κ1) is 32.8. The van der Waals surface area contributed by atoms with E-state index < -0.39 is 35.5 Å². The van der Waals surface area contributed by atoms with Crippen LogP contribution in [0.5, 0.6) is 0 Å². The van der Waals surface area contributed by atoms with Crippen molar-refractivity contribution >= 4 is 24.2 Å². The van der Waals surface area contributed by atoms with E-state index in [0.717, 1.165) is 22.3 Å². The van der Waals surface area contributed by atoms with Crippen LogP contribution < -0.4 is 10.6 Å². The van der Waals surface area contributed by atoms with Crippen molar-refractivity contribution in [3.8, 4) is 11.1 Å². The van der Waals surface area contributed by atoms with Crippen LogP contribution in [0.3, 0.4) is 0 Å². The average molecular weight is 609 g/mol. The molecule has 0 aromatic heterocycles. The van der Waals surface area contributed by atoms with E-state index in [2.05, 4.69) is 39.9 Å². The molecule has 2 aromatic rings. The van der Waals surface area contributed by atoms with E-state index >= 15 is 0 Å². The third-order valence-electron chi connectivity index (χ3n) is 7.45. The Hall–Kier alpha value is -4.12. The Morgan fingerprint density at radius 2 is 1.41 bits per heavy atom. The summed E-state index contributed by atoms with van der Waals surface area (Å²) in [5.74, 6) is -0.228. The van der Waals surface area contributed by atoms with Gasteiger partial charge in [-0.2, -0.15) is 0 Å². The van der Waals surface area contributed by atoms with Crippen LogP contribution in [0.2, 0.25) is 0 Å². The zero-order valence-electron chi connectivity index (χ0n) is 26.4. The monoisotopic (exact) mass is 608 g/mol. The van der Waals surface area contributed by atoms with Gasteiger partial charge in [-0.1, -0.05) is 48.5 Å². The van der Waals surface area contributed by atoms with Crippen LogP contribution in [0, 0.1) is 5.92 Å². The summed E-state index contributed by atoms with van der Waals surface area (Å²) in [6.45, 7) is 11.0. The molecule has 1 heterocycles. The van der Waals surface area contributed by atoms with Crippen molar-refractivity contribution < 1.29 is 33.7 Å². The number of nitrogens with zero attached hydrogens (tertiary/aromatic N) is 2. The van der Waals surface area contributed by atoms with E-state index in [1.54, 1.807) is 46.4 Å². The van der Waals surface area contributed by atoms with Crippen LogP contribution in [0.4, 0.5) is 14.4 Å². The third kappa shape index (κ3) is 8.49. The van der Waals surface area contributed by atoms with Gasteiger partial charge in [-0.05, 0) is 82.6 Å². The highest BCUT2D eigenvalue weighted by Crippen LogP contribution is 2.44. The summed E-state index contributed by atoms with van der Waals surface area (Å²) >= 11 is 0. The summed E-state index contributed by atoms with van der Waals surface area (Å²) in [5.41, 5.74) is 3.08. The summed E-state index contributed by atoms with van der Waals surface area (Å²) in [6, 6.07) is 15.9. The van der Waals surface area contributed by atoms with E-state index in [-0.39, 0.29) is 37.6 Å². The van der Waals surface area contributed by atoms with Crippen LogP contribution in [-0.2, 0) is 14.2 Å². The lowest BCUT2D eigenvalue weighted by Crippen LogP contribution is -2.47. The lowest BCUT2D eigenvalue weighted by Gasteiger charge is -2.26. The SMILES string of the molecule is CC(C)(C)OC(=O)NC(=NCC[C@H]1CCN(C(=O)OCC2c3ccccc3-c3ccccc32)[C@@H]1CO)NC(=O)OC(C)(C)C. The fourth-order valence-corrected chi connectivity index (χ4v) is 5.66. The van der Waals surface area contributed by atoms with Gasteiger partial charge in [-0.3, -0.25) is 15.6 Å². The second-order valence-corrected chi connectivity index (χ2v) is 13.1. The number of carbonyl (C=O) groups excluding carboxylic acids is 3. The highest BCUT2D eigenvalue weighted by atomic mass is 16.6. The number of aliphatic hydroxyl groups excluding tert-OH is 1. The molecule has 0 bridgehead atoms. The summed E-state index contributed by atoms with van der Waals surface area (Å²) in [6.07, 6.45) is -0.867. The predicted molar refractivity (Wildman–Crippen MR) is 166 cm³/mol. The van der Waals surface area contributed by atoms with Gasteiger partial charge in [0.05, 0.1) is 12.6 Å². The second kappa shape index (κ2) is 13.7. The molecule has 3 amide bonds. The lowest BCUT2D eigenvalue weighted by atomic mass is 9.97. The number of aliphatic hydroxyl groups is 1. The minimum Gasteiger partial charge on any atom is -0.448 e. The van der Waals surface area contributed by atoms with Crippen molar-refractivity contribution in [2.45, 2.75) is 77.5 Å². The standard InChI is InChI=1S/C33H44N4O7/c1-32(2,3)43-29(39)35-28(36-30(40)44-33(4,5)6)34-17-15-21-16-18-37(27(21)19-38)31(41)42-20-26-24-13-9-7-11-22(24)23-12-8-10-14-25(23)26/h7-14,21,26-27,38H,15-20H2,1-6H3,(H2,34,35,36,39,40)/t21-,27+/m0/s1. The Morgan fingerprint density at radius 1 is 0.886 bits per heavy atom. The predicted octanol–water partition coefficient (Wildman–Crippen LogP) is 5.41. The maximum atomic E-state index is 13.2. The number of benzene rings is 2. The van der Waals surface area contributed by atoms with Gasteiger partial charge in [0.2, 0.25) is 5.96 Å². The lowest BCUT2D eigenvalue weighted by molar-refractivity contribution is 0.0544. The van der Waals surface area contributed by atoms with E-state index in [9.17, 15) is 19.5 Å². The Balaban J connectivity index is 1.36. The zero-order chi connectivity index (χ0) is 32.1. The number of carbonyl (C=O) groups is 3. The van der Waals surface area contributed by atoms with Crippen LogP contribution in [0.25, 0.3) is 11.1 Å². The molecular weight excluding hydrogens is 564 g/mol. The van der Waals surface area contributed by atoms with E-state index in [1.807, 2.05) is 24.3 Å². The van der Waals surface area contributed by atoms with E-state index in [0.29, 0.717) is 19.4 Å². The zero-order valence-corrected chi connectivity index (χ0v) is 26.4. The third-order valence-corrected chi connectivity index (χ3v) is 7.45. The number of hydrogen-bond donors (Lipinski definition) is 3. The molecule has 1 aliphatic carbocycles. The van der Waals surface area contributed by atoms with E-state index in [4.69, 9.17) is 14.2 Å². The molecule has 11 heteroatoms. The molecule has 2 aromatic carbocycles. The Bertz CT molecular complexity index is 1300. The number of aliphatic imine (C=N–C) groups is 1. The Kier molecular flexibility index (Phi) is 10.2. The maximum Gasteiger partial charge on any atom is 0.414 e. The van der Waals surface area contributed by atoms with Crippen molar-refractivity contribution in [1.29, 1.82) is 0 Å². The molecule has 0 spiro atoms. The van der Waals surface area contributed by atoms with Gasteiger partial charge in [0.25, 0.3) is 0 Å². The van der Waals surface area contributed by atoms with Crippen molar-refractivity contribution in [2.75, 3.05) is 26.3 Å². The Labute approximate surface area is 259 Å². The number of fused-ring (bicyclic) bond motifs is 3. The van der Waals surface area contributed by atoms with Crippen molar-refractivity contribution in [1.82, 2.24) is 15.5 Å². The van der Waals surface area contributed by atoms with Crippen molar-refractivity contribution in [2.24, 2.45) is 10.9 Å². The van der Waals surface area contributed by atoms with Gasteiger partial charge in [0, 0.05) is 19.0 Å². The number of amides is 3. The molecule has 1 aliphatic heterocycles. The molecule has 2 atom stereocenters. The van der Waals surface area contributed by atoms with Crippen LogP contribution in [0.1, 0.15) is 71.4 Å². The van der Waals surface area contributed by atoms with Gasteiger partial charge >= 0.3 is 18.3 Å². The van der Waals surface area contributed by atoms with Crippen LogP contribution >= 0.6 is 0 Å². The smallest absolute Gasteiger partial charge is 0.414 e. The molecule has 1 fully saturated rings. The summed E-state index contributed by atoms with van der Waals surface area (Å²) < 4.78 is 16.4. The molecule has 0 saturated carbocycles. The Morgan fingerprint density at radius 3 is 1.91 bits per heavy atom. The van der Waals surface area contributed by atoms with Crippen LogP contribution in [-0.4, -0.2) is 77.8 Å². The minimum atomic E-state index is -0.775. The number of likely N-dealkylation sites (tertiary alicyclic amines) is 1. The number of nitrogens with one attached hydrogen (secondary N) is 2. The number of guanidine groups is 1. The number of rotatable bonds is 6. The highest BCUT2D eigenvalue weighted by Gasteiger charge is 2.38. The molecule has 238 valence electrons. The van der Waals surface area contributed by atoms with E-state index in [1.165, 1.54) is 0 Å². The van der Waals surface area contributed by atoms with Gasteiger partial charge in [0.1, 0.15) is 17.8 Å².